The summed E-state index contributed by atoms with van der Waals surface area (Å²) in [4.78, 5) is 27.7. The fourth-order valence-corrected chi connectivity index (χ4v) is 5.38. The number of benzene rings is 3. The summed E-state index contributed by atoms with van der Waals surface area (Å²) in [6, 6.07) is 22.0. The van der Waals surface area contributed by atoms with Crippen LogP contribution in [-0.4, -0.2) is 67.7 Å². The summed E-state index contributed by atoms with van der Waals surface area (Å²) in [7, 11) is 1.59. The summed E-state index contributed by atoms with van der Waals surface area (Å²) < 4.78 is 16.8. The van der Waals surface area contributed by atoms with E-state index in [-0.39, 0.29) is 11.7 Å². The molecular formula is C36H46N2O6. The van der Waals surface area contributed by atoms with E-state index in [1.54, 1.807) is 31.4 Å². The van der Waals surface area contributed by atoms with E-state index < -0.39 is 12.1 Å². The quantitative estimate of drug-likeness (QED) is 0.138. The molecule has 0 saturated carbocycles. The summed E-state index contributed by atoms with van der Waals surface area (Å²) in [6.45, 7) is 5.64. The summed E-state index contributed by atoms with van der Waals surface area (Å²) in [5.74, 6) is 2.24. The smallest absolute Gasteiger partial charge is 0.220 e. The Morgan fingerprint density at radius 2 is 1.50 bits per heavy atom. The zero-order valence-electron chi connectivity index (χ0n) is 26.0. The number of methoxy groups -OCH3 is 1. The molecule has 2 N–H and O–H groups in total. The molecule has 3 aromatic carbocycles. The first-order valence-electron chi connectivity index (χ1n) is 15.7. The maximum atomic E-state index is 12.9. The van der Waals surface area contributed by atoms with Gasteiger partial charge in [0.05, 0.1) is 26.4 Å². The number of ketones is 1. The van der Waals surface area contributed by atoms with Gasteiger partial charge >= 0.3 is 0 Å². The molecule has 4 rings (SSSR count). The Bertz CT molecular complexity index is 1300. The van der Waals surface area contributed by atoms with Gasteiger partial charge in [0.2, 0.25) is 5.91 Å². The molecule has 8 heteroatoms. The predicted molar refractivity (Wildman–Crippen MR) is 172 cm³/mol. The van der Waals surface area contributed by atoms with Crippen molar-refractivity contribution in [2.75, 3.05) is 40.0 Å². The first-order chi connectivity index (χ1) is 21.4. The lowest BCUT2D eigenvalue weighted by atomic mass is 10.0. The number of nitrogens with one attached hydrogen (secondary N) is 1. The van der Waals surface area contributed by atoms with Crippen molar-refractivity contribution in [2.24, 2.45) is 0 Å². The van der Waals surface area contributed by atoms with Crippen LogP contribution in [0.3, 0.4) is 0 Å². The third kappa shape index (κ3) is 10.7. The highest BCUT2D eigenvalue weighted by Gasteiger charge is 2.26. The second-order valence-corrected chi connectivity index (χ2v) is 11.4. The second-order valence-electron chi connectivity index (χ2n) is 11.4. The molecular weight excluding hydrogens is 556 g/mol. The topological polar surface area (TPSA) is 97.3 Å². The molecule has 0 bridgehead atoms. The Hall–Kier alpha value is -3.88. The normalized spacial score (nSPS) is 14.5. The van der Waals surface area contributed by atoms with Crippen molar-refractivity contribution in [1.29, 1.82) is 0 Å². The van der Waals surface area contributed by atoms with Crippen LogP contribution in [0.2, 0.25) is 0 Å². The summed E-state index contributed by atoms with van der Waals surface area (Å²) in [5.41, 5.74) is 2.54. The van der Waals surface area contributed by atoms with E-state index in [1.165, 1.54) is 0 Å². The fraction of sp³-hybridized carbons (Fsp3) is 0.444. The van der Waals surface area contributed by atoms with Crippen LogP contribution in [-0.2, 0) is 4.79 Å². The molecule has 0 radical (unpaired) electrons. The molecule has 236 valence electrons. The number of amides is 1. The van der Waals surface area contributed by atoms with E-state index in [4.69, 9.17) is 14.2 Å². The average Bonchev–Trinajstić information content (AvgIpc) is 3.56. The molecule has 3 aromatic rings. The number of carbonyl (C=O) groups excluding carboxylic acids is 2. The summed E-state index contributed by atoms with van der Waals surface area (Å²) in [6.07, 6.45) is 4.06. The zero-order chi connectivity index (χ0) is 31.1. The van der Waals surface area contributed by atoms with Gasteiger partial charge in [0.15, 0.2) is 5.78 Å². The molecule has 1 fully saturated rings. The first-order valence-corrected chi connectivity index (χ1v) is 15.7. The van der Waals surface area contributed by atoms with E-state index in [1.807, 2.05) is 55.5 Å². The number of unbranched alkanes of at least 4 members (excludes halogenated alkanes) is 1. The maximum Gasteiger partial charge on any atom is 0.220 e. The van der Waals surface area contributed by atoms with Crippen LogP contribution in [0.25, 0.3) is 0 Å². The minimum atomic E-state index is -0.854. The summed E-state index contributed by atoms with van der Waals surface area (Å²) in [5, 5.41) is 14.4. The van der Waals surface area contributed by atoms with Gasteiger partial charge in [-0.3, -0.25) is 9.59 Å². The number of ether oxygens (including phenoxy) is 3. The number of Topliss-reactive ketones (excluding diaryl/α,β-unsaturated/α-hetero) is 1. The van der Waals surface area contributed by atoms with E-state index in [0.717, 1.165) is 55.0 Å². The Labute approximate surface area is 261 Å². The molecule has 1 heterocycles. The second kappa shape index (κ2) is 17.4. The lowest BCUT2D eigenvalue weighted by Crippen LogP contribution is -2.46. The number of rotatable bonds is 18. The van der Waals surface area contributed by atoms with Crippen LogP contribution in [0, 0.1) is 6.92 Å². The Morgan fingerprint density at radius 3 is 2.18 bits per heavy atom. The number of aryl methyl sites for hydroxylation is 1. The number of hydrogen-bond donors (Lipinski definition) is 2. The SMILES string of the molecule is COc1ccc(C(=O)CCCCC(=O)N[C@H](CN2CCCC2)[C@H](O)c2ccc(OCCCOc3cccc(C)c3)cc2)cc1. The number of likely N-dealkylation sites (tertiary alicyclic amines) is 1. The minimum absolute atomic E-state index is 0.0541. The fourth-order valence-electron chi connectivity index (χ4n) is 5.38. The molecule has 2 atom stereocenters. The molecule has 0 spiro atoms. The van der Waals surface area contributed by atoms with Crippen molar-refractivity contribution in [3.63, 3.8) is 0 Å². The number of carbonyl (C=O) groups is 2. The van der Waals surface area contributed by atoms with Gasteiger partial charge in [0.25, 0.3) is 0 Å². The van der Waals surface area contributed by atoms with Gasteiger partial charge in [-0.05, 0) is 105 Å². The van der Waals surface area contributed by atoms with Crippen molar-refractivity contribution in [3.05, 3.63) is 89.5 Å². The predicted octanol–water partition coefficient (Wildman–Crippen LogP) is 5.91. The Morgan fingerprint density at radius 1 is 0.841 bits per heavy atom. The third-order valence-electron chi connectivity index (χ3n) is 7.89. The van der Waals surface area contributed by atoms with E-state index in [0.29, 0.717) is 56.8 Å². The highest BCUT2D eigenvalue weighted by Crippen LogP contribution is 2.23. The molecule has 1 aliphatic heterocycles. The maximum absolute atomic E-state index is 12.9. The van der Waals surface area contributed by atoms with Gasteiger partial charge in [-0.2, -0.15) is 0 Å². The average molecular weight is 603 g/mol. The van der Waals surface area contributed by atoms with Crippen molar-refractivity contribution < 1.29 is 28.9 Å². The molecule has 8 nitrogen and oxygen atoms in total. The van der Waals surface area contributed by atoms with Gasteiger partial charge in [-0.25, -0.2) is 0 Å². The molecule has 1 aliphatic rings. The van der Waals surface area contributed by atoms with Gasteiger partial charge in [0, 0.05) is 31.4 Å². The van der Waals surface area contributed by atoms with Crippen LogP contribution in [0.4, 0.5) is 0 Å². The molecule has 1 saturated heterocycles. The monoisotopic (exact) mass is 602 g/mol. The number of hydrogen-bond acceptors (Lipinski definition) is 7. The standard InChI is InChI=1S/C36H46N2O6/c1-27-9-7-10-32(25-27)44-24-8-23-43-31-19-15-29(16-20-31)36(41)33(26-38-21-5-6-22-38)37-35(40)12-4-3-11-34(39)28-13-17-30(42-2)18-14-28/h7,9-10,13-20,25,33,36,41H,3-6,8,11-12,21-24,26H2,1-2H3,(H,37,40)/t33-,36-/m1/s1. The Balaban J connectivity index is 1.22. The first kappa shape index (κ1) is 33.0. The van der Waals surface area contributed by atoms with E-state index in [9.17, 15) is 14.7 Å². The van der Waals surface area contributed by atoms with Crippen LogP contribution < -0.4 is 19.5 Å². The van der Waals surface area contributed by atoms with Gasteiger partial charge in [-0.1, -0.05) is 24.3 Å². The number of aliphatic hydroxyl groups is 1. The lowest BCUT2D eigenvalue weighted by Gasteiger charge is -2.29. The number of nitrogens with zero attached hydrogens (tertiary/aromatic N) is 1. The van der Waals surface area contributed by atoms with Crippen LogP contribution in [0.1, 0.15) is 72.5 Å². The van der Waals surface area contributed by atoms with Crippen molar-refractivity contribution >= 4 is 11.7 Å². The van der Waals surface area contributed by atoms with Crippen molar-refractivity contribution in [2.45, 2.75) is 64.0 Å². The summed E-state index contributed by atoms with van der Waals surface area (Å²) >= 11 is 0. The van der Waals surface area contributed by atoms with E-state index in [2.05, 4.69) is 10.2 Å². The highest BCUT2D eigenvalue weighted by molar-refractivity contribution is 5.96. The van der Waals surface area contributed by atoms with E-state index >= 15 is 0 Å². The van der Waals surface area contributed by atoms with Crippen LogP contribution >= 0.6 is 0 Å². The highest BCUT2D eigenvalue weighted by atomic mass is 16.5. The molecule has 0 unspecified atom stereocenters. The molecule has 44 heavy (non-hydrogen) atoms. The van der Waals surface area contributed by atoms with Gasteiger partial charge < -0.3 is 29.5 Å². The molecule has 0 aliphatic carbocycles. The lowest BCUT2D eigenvalue weighted by molar-refractivity contribution is -0.123. The Kier molecular flexibility index (Phi) is 13.1. The largest absolute Gasteiger partial charge is 0.497 e. The minimum Gasteiger partial charge on any atom is -0.497 e. The van der Waals surface area contributed by atoms with Crippen LogP contribution in [0.5, 0.6) is 17.2 Å². The van der Waals surface area contributed by atoms with Crippen LogP contribution in [0.15, 0.2) is 72.8 Å². The molecule has 0 aromatic heterocycles. The number of aliphatic hydroxyl groups excluding tert-OH is 1. The molecule has 1 amide bonds. The zero-order valence-corrected chi connectivity index (χ0v) is 26.0. The van der Waals surface area contributed by atoms with Gasteiger partial charge in [0.1, 0.15) is 23.4 Å². The van der Waals surface area contributed by atoms with Crippen molar-refractivity contribution in [3.8, 4) is 17.2 Å². The van der Waals surface area contributed by atoms with Gasteiger partial charge in [-0.15, -0.1) is 0 Å². The third-order valence-corrected chi connectivity index (χ3v) is 7.89. The van der Waals surface area contributed by atoms with Crippen molar-refractivity contribution in [1.82, 2.24) is 10.2 Å².